The second kappa shape index (κ2) is 19.2. The summed E-state index contributed by atoms with van der Waals surface area (Å²) >= 11 is 6.12. The number of hydrogen-bond acceptors (Lipinski definition) is 21. The Morgan fingerprint density at radius 1 is 0.535 bits per heavy atom. The summed E-state index contributed by atoms with van der Waals surface area (Å²) in [7, 11) is -25.8. The fraction of sp³-hybridized carbons (Fsp3) is 0.0513. The lowest BCUT2D eigenvalue weighted by atomic mass is 9.92. The van der Waals surface area contributed by atoms with Crippen LogP contribution in [0.4, 0.5) is 51.7 Å². The highest BCUT2D eigenvalue weighted by molar-refractivity contribution is 7.91. The Morgan fingerprint density at radius 2 is 1.15 bits per heavy atom. The van der Waals surface area contributed by atoms with Crippen LogP contribution in [0.2, 0.25) is 5.28 Å². The van der Waals surface area contributed by atoms with Crippen molar-refractivity contribution in [2.45, 2.75) is 33.4 Å². The largest absolute Gasteiger partial charge is 0.355 e. The Kier molecular flexibility index (Phi) is 14.0. The Balaban J connectivity index is 1.23. The number of hydrogen-bond donors (Lipinski definition) is 9. The molecular formula is C39H31ClN10O16S5. The smallest absolute Gasteiger partial charge is 0.296 e. The van der Waals surface area contributed by atoms with Gasteiger partial charge >= 0.3 is 0 Å². The number of fused-ring (bicyclic) bond motifs is 1. The third-order valence-electron chi connectivity index (χ3n) is 9.69. The first-order valence-corrected chi connectivity index (χ1v) is 26.8. The monoisotopic (exact) mass is 1090 g/mol. The minimum Gasteiger partial charge on any atom is -0.355 e. The summed E-state index contributed by atoms with van der Waals surface area (Å²) in [5.74, 6) is -1.60. The van der Waals surface area contributed by atoms with E-state index in [-0.39, 0.29) is 39.9 Å². The highest BCUT2D eigenvalue weighted by Crippen LogP contribution is 2.38. The number of allylic oxidation sites excluding steroid dienone is 1. The number of para-hydroxylation sites is 1. The molecule has 5 aromatic carbocycles. The summed E-state index contributed by atoms with van der Waals surface area (Å²) in [6, 6.07) is 18.1. The molecule has 32 heteroatoms. The van der Waals surface area contributed by atoms with Crippen molar-refractivity contribution in [2.24, 2.45) is 15.3 Å². The number of aryl methyl sites for hydroxylation is 2. The summed E-state index contributed by atoms with van der Waals surface area (Å²) < 4.78 is 174. The molecule has 9 N–H and O–H groups in total. The zero-order chi connectivity index (χ0) is 52.0. The molecule has 0 amide bonds. The average molecular weight is 1090 g/mol. The van der Waals surface area contributed by atoms with Gasteiger partial charge in [-0.2, -0.15) is 67.3 Å². The number of nitrogens with one attached hydrogen (secondary N) is 4. The molecule has 6 aromatic rings. The molecule has 0 saturated heterocycles. The number of hydrazone groups is 1. The van der Waals surface area contributed by atoms with Crippen LogP contribution in [0.25, 0.3) is 6.08 Å². The molecule has 0 saturated carbocycles. The third kappa shape index (κ3) is 12.1. The van der Waals surface area contributed by atoms with Gasteiger partial charge < -0.3 is 16.0 Å². The average Bonchev–Trinajstić information content (AvgIpc) is 3.25. The summed E-state index contributed by atoms with van der Waals surface area (Å²) in [5, 5.41) is 19.7. The van der Waals surface area contributed by atoms with Crippen molar-refractivity contribution in [1.82, 2.24) is 15.0 Å². The number of carbonyl (C=O) groups excluding carboxylic acids is 1. The van der Waals surface area contributed by atoms with Gasteiger partial charge in [0.1, 0.15) is 20.4 Å². The number of benzene rings is 5. The van der Waals surface area contributed by atoms with Gasteiger partial charge in [-0.05, 0) is 115 Å². The SMILES string of the molecule is Cc1cc(Nc2nc(Cl)nc(Nc3cccc(S(=O)(=O)O)c3)n2)c(C)cc1N=Nc1cc(S(=O)(=O)O)c(N/N=C2\C(=O)c3c(cc(S(=O)(=O)O)cc3Nc3ccccc3)C=C2S(=O)(=O)O)cc1S(=O)(=O)O. The highest BCUT2D eigenvalue weighted by Gasteiger charge is 2.36. The van der Waals surface area contributed by atoms with E-state index in [1.165, 1.54) is 43.3 Å². The minimum atomic E-state index is -5.47. The van der Waals surface area contributed by atoms with Crippen LogP contribution in [0.5, 0.6) is 0 Å². The number of rotatable bonds is 15. The molecule has 1 aliphatic carbocycles. The molecule has 71 heavy (non-hydrogen) atoms. The fourth-order valence-corrected chi connectivity index (χ4v) is 9.68. The first kappa shape index (κ1) is 51.7. The van der Waals surface area contributed by atoms with Crippen molar-refractivity contribution < 1.29 is 69.6 Å². The number of halogens is 1. The van der Waals surface area contributed by atoms with Gasteiger partial charge in [-0.25, -0.2) is 0 Å². The number of aromatic nitrogens is 3. The van der Waals surface area contributed by atoms with E-state index < -0.39 is 109 Å². The maximum Gasteiger partial charge on any atom is 0.296 e. The molecule has 370 valence electrons. The van der Waals surface area contributed by atoms with Crippen molar-refractivity contribution in [3.63, 3.8) is 0 Å². The number of carbonyl (C=O) groups is 1. The Labute approximate surface area is 407 Å². The van der Waals surface area contributed by atoms with Crippen molar-refractivity contribution in [1.29, 1.82) is 0 Å². The van der Waals surface area contributed by atoms with E-state index in [1.54, 1.807) is 25.1 Å². The lowest BCUT2D eigenvalue weighted by Gasteiger charge is -2.21. The van der Waals surface area contributed by atoms with Gasteiger partial charge in [0.2, 0.25) is 23.0 Å². The molecule has 1 aliphatic rings. The van der Waals surface area contributed by atoms with Crippen LogP contribution in [0, 0.1) is 13.8 Å². The van der Waals surface area contributed by atoms with Gasteiger partial charge in [-0.1, -0.05) is 24.3 Å². The van der Waals surface area contributed by atoms with Crippen molar-refractivity contribution in [3.05, 3.63) is 123 Å². The van der Waals surface area contributed by atoms with Crippen LogP contribution >= 0.6 is 11.6 Å². The van der Waals surface area contributed by atoms with Gasteiger partial charge in [-0.15, -0.1) is 5.11 Å². The zero-order valence-corrected chi connectivity index (χ0v) is 40.4. The van der Waals surface area contributed by atoms with E-state index in [1.807, 2.05) is 5.43 Å². The van der Waals surface area contributed by atoms with Crippen LogP contribution in [-0.4, -0.2) is 91.3 Å². The molecule has 1 heterocycles. The third-order valence-corrected chi connectivity index (χ3v) is 14.2. The van der Waals surface area contributed by atoms with Gasteiger partial charge in [-0.3, -0.25) is 33.0 Å². The maximum absolute atomic E-state index is 14.1. The molecule has 0 aliphatic heterocycles. The van der Waals surface area contributed by atoms with Crippen molar-refractivity contribution in [3.8, 4) is 0 Å². The molecule has 0 atom stereocenters. The lowest BCUT2D eigenvalue weighted by Crippen LogP contribution is -2.28. The summed E-state index contributed by atoms with van der Waals surface area (Å²) in [6.07, 6.45) is 0.609. The Bertz CT molecular complexity index is 3920. The summed E-state index contributed by atoms with van der Waals surface area (Å²) in [4.78, 5) is 21.4. The molecule has 0 fully saturated rings. The number of nitrogens with zero attached hydrogens (tertiary/aromatic N) is 6. The second-order valence-corrected chi connectivity index (χ2v) is 22.1. The molecule has 0 unspecified atom stereocenters. The number of anilines is 7. The van der Waals surface area contributed by atoms with Crippen LogP contribution in [0.1, 0.15) is 27.0 Å². The normalized spacial score (nSPS) is 14.0. The van der Waals surface area contributed by atoms with E-state index in [2.05, 4.69) is 46.2 Å². The van der Waals surface area contributed by atoms with Crippen molar-refractivity contribution in [2.75, 3.05) is 21.4 Å². The van der Waals surface area contributed by atoms with Crippen molar-refractivity contribution >= 4 is 131 Å². The quantitative estimate of drug-likeness (QED) is 0.0294. The lowest BCUT2D eigenvalue weighted by molar-refractivity contribution is 0.106. The molecular weight excluding hydrogens is 1060 g/mol. The molecule has 7 rings (SSSR count). The molecule has 0 bridgehead atoms. The second-order valence-electron chi connectivity index (χ2n) is 14.7. The van der Waals surface area contributed by atoms with Gasteiger partial charge in [0, 0.05) is 17.1 Å². The number of azo groups is 1. The number of ketones is 1. The van der Waals surface area contributed by atoms with Gasteiger partial charge in [0.15, 0.2) is 5.71 Å². The Hall–Kier alpha value is -7.17. The molecule has 0 radical (unpaired) electrons. The van der Waals surface area contributed by atoms with E-state index in [4.69, 9.17) is 11.6 Å². The van der Waals surface area contributed by atoms with E-state index in [0.29, 0.717) is 35.0 Å². The first-order chi connectivity index (χ1) is 32.9. The highest BCUT2D eigenvalue weighted by atomic mass is 35.5. The standard InChI is InChI=1S/C39H31ClN10O16S5/c1-19-12-27(20(2)11-26(19)43-39-45-37(40)44-38(46-39)42-23-9-6-10-24(15-23)67(52,53)54)47-48-28-17-32(70(61,62)63)29(18-31(28)69(58,59)60)49-50-35-33(71(64,65)66)14-21-13-25(68(55,56)57)16-30(34(21)36(35)51)41-22-7-4-3-5-8-22/h3-18,41,49H,1-2H3,(H,52,53,54)(H,55,56,57)(H,58,59,60)(H,61,62,63)(H,64,65,66)(H2,42,43,44,45,46)/b48-47?,50-35-. The molecule has 26 nitrogen and oxygen atoms in total. The topological polar surface area (TPSA) is 413 Å². The van der Waals surface area contributed by atoms with E-state index >= 15 is 0 Å². The van der Waals surface area contributed by atoms with Crippen LogP contribution in [0.15, 0.2) is 131 Å². The summed E-state index contributed by atoms with van der Waals surface area (Å²) in [5.41, 5.74) is -0.781. The molecule has 1 aromatic heterocycles. The van der Waals surface area contributed by atoms with E-state index in [0.717, 1.165) is 24.3 Å². The zero-order valence-electron chi connectivity index (χ0n) is 35.6. The maximum atomic E-state index is 14.1. The number of Topliss-reactive ketones (excluding diaryl/α,β-unsaturated/α-hetero) is 1. The predicted molar refractivity (Wildman–Crippen MR) is 255 cm³/mol. The predicted octanol–water partition coefficient (Wildman–Crippen LogP) is 6.67. The van der Waals surface area contributed by atoms with E-state index in [9.17, 15) is 69.6 Å². The van der Waals surface area contributed by atoms with Gasteiger partial charge in [0.05, 0.1) is 32.4 Å². The fourth-order valence-electron chi connectivity index (χ4n) is 6.52. The van der Waals surface area contributed by atoms with Crippen LogP contribution < -0.4 is 21.4 Å². The first-order valence-electron chi connectivity index (χ1n) is 19.2. The van der Waals surface area contributed by atoms with Gasteiger partial charge in [0.25, 0.3) is 50.6 Å². The Morgan fingerprint density at radius 3 is 1.77 bits per heavy atom. The minimum absolute atomic E-state index is 0.0385. The van der Waals surface area contributed by atoms with Crippen LogP contribution in [0.3, 0.4) is 0 Å². The molecule has 0 spiro atoms. The summed E-state index contributed by atoms with van der Waals surface area (Å²) in [6.45, 7) is 3.11. The van der Waals surface area contributed by atoms with Crippen LogP contribution in [-0.2, 0) is 50.6 Å².